The number of nitrogens with zero attached hydrogens (tertiary/aromatic N) is 1. The number of aliphatic carboxylic acids is 1. The molecular formula is C22H21NO3S2. The Labute approximate surface area is 174 Å². The Morgan fingerprint density at radius 2 is 1.54 bits per heavy atom. The molecule has 1 aliphatic rings. The smallest absolute Gasteiger partial charge is 0.326 e. The van der Waals surface area contributed by atoms with Crippen LogP contribution in [0, 0.1) is 5.92 Å². The monoisotopic (exact) mass is 411 g/mol. The van der Waals surface area contributed by atoms with Gasteiger partial charge in [0.2, 0.25) is 0 Å². The maximum atomic E-state index is 13.3. The molecule has 2 aromatic rings. The number of thioether (sulfide) groups is 1. The van der Waals surface area contributed by atoms with Crippen molar-refractivity contribution in [3.63, 3.8) is 0 Å². The lowest BCUT2D eigenvalue weighted by Crippen LogP contribution is -2.44. The fourth-order valence-corrected chi connectivity index (χ4v) is 4.67. The first-order chi connectivity index (χ1) is 13.4. The molecule has 1 aliphatic heterocycles. The summed E-state index contributed by atoms with van der Waals surface area (Å²) in [5.74, 6) is -1.25. The molecule has 0 radical (unpaired) electrons. The summed E-state index contributed by atoms with van der Waals surface area (Å²) >= 11 is 6.61. The second kappa shape index (κ2) is 8.71. The third-order valence-electron chi connectivity index (χ3n) is 4.44. The van der Waals surface area contributed by atoms with Crippen LogP contribution >= 0.6 is 24.0 Å². The molecule has 6 heteroatoms. The van der Waals surface area contributed by atoms with Gasteiger partial charge in [-0.05, 0) is 23.5 Å². The van der Waals surface area contributed by atoms with Gasteiger partial charge in [-0.2, -0.15) is 0 Å². The number of hydrogen-bond acceptors (Lipinski definition) is 4. The van der Waals surface area contributed by atoms with E-state index in [2.05, 4.69) is 0 Å². The van der Waals surface area contributed by atoms with E-state index < -0.39 is 12.0 Å². The maximum Gasteiger partial charge on any atom is 0.326 e. The molecule has 0 bridgehead atoms. The van der Waals surface area contributed by atoms with E-state index in [1.165, 1.54) is 16.7 Å². The Morgan fingerprint density at radius 3 is 1.96 bits per heavy atom. The van der Waals surface area contributed by atoms with E-state index in [-0.39, 0.29) is 16.1 Å². The molecule has 1 heterocycles. The van der Waals surface area contributed by atoms with Crippen molar-refractivity contribution in [2.45, 2.75) is 26.3 Å². The van der Waals surface area contributed by atoms with E-state index >= 15 is 0 Å². The van der Waals surface area contributed by atoms with Gasteiger partial charge in [-0.25, -0.2) is 4.79 Å². The quantitative estimate of drug-likeness (QED) is 0.546. The predicted octanol–water partition coefficient (Wildman–Crippen LogP) is 4.81. The number of carboxylic acid groups (broad SMARTS) is 1. The van der Waals surface area contributed by atoms with Crippen LogP contribution in [0.2, 0.25) is 0 Å². The summed E-state index contributed by atoms with van der Waals surface area (Å²) in [6, 6.07) is 18.3. The van der Waals surface area contributed by atoms with Gasteiger partial charge in [0.05, 0.1) is 4.91 Å². The second-order valence-electron chi connectivity index (χ2n) is 6.96. The first kappa shape index (κ1) is 20.3. The van der Waals surface area contributed by atoms with Crippen molar-refractivity contribution in [3.8, 4) is 0 Å². The summed E-state index contributed by atoms with van der Waals surface area (Å²) < 4.78 is 0.289. The van der Waals surface area contributed by atoms with Crippen LogP contribution in [0.5, 0.6) is 0 Å². The number of carbonyl (C=O) groups excluding carboxylic acids is 1. The van der Waals surface area contributed by atoms with Crippen molar-refractivity contribution in [2.24, 2.45) is 5.92 Å². The van der Waals surface area contributed by atoms with E-state index in [4.69, 9.17) is 12.2 Å². The lowest BCUT2D eigenvalue weighted by molar-refractivity contribution is -0.145. The summed E-state index contributed by atoms with van der Waals surface area (Å²) in [7, 11) is 0. The number of thiocarbonyl (C=S) groups is 1. The summed E-state index contributed by atoms with van der Waals surface area (Å²) in [5.41, 5.74) is 2.56. The molecule has 2 aromatic carbocycles. The van der Waals surface area contributed by atoms with Crippen molar-refractivity contribution in [1.82, 2.24) is 4.90 Å². The molecule has 0 aromatic heterocycles. The first-order valence-electron chi connectivity index (χ1n) is 9.03. The first-order valence-corrected chi connectivity index (χ1v) is 10.3. The van der Waals surface area contributed by atoms with Gasteiger partial charge in [0.15, 0.2) is 0 Å². The lowest BCUT2D eigenvalue weighted by atomic mass is 9.96. The van der Waals surface area contributed by atoms with Crippen molar-refractivity contribution < 1.29 is 14.7 Å². The zero-order valence-electron chi connectivity index (χ0n) is 15.7. The van der Waals surface area contributed by atoms with Crippen LogP contribution in [0.15, 0.2) is 65.6 Å². The van der Waals surface area contributed by atoms with Crippen molar-refractivity contribution >= 4 is 45.7 Å². The normalized spacial score (nSPS) is 15.2. The Morgan fingerprint density at radius 1 is 1.04 bits per heavy atom. The van der Waals surface area contributed by atoms with Gasteiger partial charge in [-0.3, -0.25) is 9.69 Å². The minimum atomic E-state index is -1.03. The minimum absolute atomic E-state index is 0.123. The van der Waals surface area contributed by atoms with Gasteiger partial charge in [-0.15, -0.1) is 0 Å². The highest BCUT2D eigenvalue weighted by atomic mass is 32.2. The van der Waals surface area contributed by atoms with Crippen molar-refractivity contribution in [3.05, 3.63) is 76.7 Å². The zero-order chi connectivity index (χ0) is 20.3. The van der Waals surface area contributed by atoms with Gasteiger partial charge in [0.25, 0.3) is 5.91 Å². The molecule has 1 amide bonds. The SMILES string of the molecule is CC(C)C[C@@H](C(=O)O)N1C(=O)C(=C(c2ccccc2)c2ccccc2)SC1=S. The van der Waals surface area contributed by atoms with Gasteiger partial charge in [0.1, 0.15) is 10.4 Å². The van der Waals surface area contributed by atoms with Crippen LogP contribution in [-0.4, -0.2) is 32.2 Å². The van der Waals surface area contributed by atoms with Crippen molar-refractivity contribution in [1.29, 1.82) is 0 Å². The molecule has 0 aliphatic carbocycles. The Balaban J connectivity index is 2.13. The fourth-order valence-electron chi connectivity index (χ4n) is 3.20. The minimum Gasteiger partial charge on any atom is -0.480 e. The largest absolute Gasteiger partial charge is 0.480 e. The summed E-state index contributed by atoms with van der Waals surface area (Å²) in [4.78, 5) is 26.9. The van der Waals surface area contributed by atoms with Crippen LogP contribution in [0.4, 0.5) is 0 Å². The maximum absolute atomic E-state index is 13.3. The molecule has 1 N–H and O–H groups in total. The highest BCUT2D eigenvalue weighted by Crippen LogP contribution is 2.41. The molecule has 1 fully saturated rings. The number of amides is 1. The molecule has 1 atom stereocenters. The molecule has 3 rings (SSSR count). The van der Waals surface area contributed by atoms with Gasteiger partial charge >= 0.3 is 5.97 Å². The van der Waals surface area contributed by atoms with E-state index in [0.29, 0.717) is 11.3 Å². The number of hydrogen-bond donors (Lipinski definition) is 1. The number of rotatable bonds is 6. The van der Waals surface area contributed by atoms with Crippen LogP contribution in [0.1, 0.15) is 31.4 Å². The standard InChI is InChI=1S/C22H21NO3S2/c1-14(2)13-17(21(25)26)23-20(24)19(28-22(23)27)18(15-9-5-3-6-10-15)16-11-7-4-8-12-16/h3-12,14,17H,13H2,1-2H3,(H,25,26)/t17-/m0/s1. The average molecular weight is 412 g/mol. The molecule has 4 nitrogen and oxygen atoms in total. The molecule has 0 spiro atoms. The Bertz CT molecular complexity index is 882. The van der Waals surface area contributed by atoms with E-state index in [9.17, 15) is 14.7 Å². The van der Waals surface area contributed by atoms with Gasteiger partial charge in [-0.1, -0.05) is 98.5 Å². The topological polar surface area (TPSA) is 57.6 Å². The molecule has 144 valence electrons. The summed E-state index contributed by atoms with van der Waals surface area (Å²) in [6.45, 7) is 3.87. The number of carboxylic acids is 1. The second-order valence-corrected chi connectivity index (χ2v) is 8.61. The lowest BCUT2D eigenvalue weighted by Gasteiger charge is -2.24. The van der Waals surface area contributed by atoms with Crippen LogP contribution in [-0.2, 0) is 9.59 Å². The summed E-state index contributed by atoms with van der Waals surface area (Å²) in [5, 5.41) is 9.70. The van der Waals surface area contributed by atoms with E-state index in [0.717, 1.165) is 16.7 Å². The molecule has 1 saturated heterocycles. The van der Waals surface area contributed by atoms with Crippen LogP contribution in [0.25, 0.3) is 5.57 Å². The Kier molecular flexibility index (Phi) is 6.31. The highest BCUT2D eigenvalue weighted by molar-refractivity contribution is 8.26. The molecule has 0 unspecified atom stereocenters. The molecule has 0 saturated carbocycles. The molecule has 28 heavy (non-hydrogen) atoms. The third kappa shape index (κ3) is 4.18. The van der Waals surface area contributed by atoms with Crippen LogP contribution < -0.4 is 0 Å². The number of benzene rings is 2. The van der Waals surface area contributed by atoms with E-state index in [1.54, 1.807) is 0 Å². The summed E-state index contributed by atoms with van der Waals surface area (Å²) in [6.07, 6.45) is 0.348. The zero-order valence-corrected chi connectivity index (χ0v) is 17.3. The highest BCUT2D eigenvalue weighted by Gasteiger charge is 2.42. The van der Waals surface area contributed by atoms with Gasteiger partial charge in [0, 0.05) is 5.57 Å². The fraction of sp³-hybridized carbons (Fsp3) is 0.227. The number of carbonyl (C=O) groups is 2. The van der Waals surface area contributed by atoms with Crippen molar-refractivity contribution in [2.75, 3.05) is 0 Å². The van der Waals surface area contributed by atoms with Gasteiger partial charge < -0.3 is 5.11 Å². The molecular weight excluding hydrogens is 390 g/mol. The Hall–Kier alpha value is -2.44. The third-order valence-corrected chi connectivity index (χ3v) is 5.84. The predicted molar refractivity (Wildman–Crippen MR) is 117 cm³/mol. The van der Waals surface area contributed by atoms with E-state index in [1.807, 2.05) is 74.5 Å². The average Bonchev–Trinajstić information content (AvgIpc) is 2.95. The van der Waals surface area contributed by atoms with Crippen LogP contribution in [0.3, 0.4) is 0 Å².